The van der Waals surface area contributed by atoms with Gasteiger partial charge in [0.25, 0.3) is 0 Å². The van der Waals surface area contributed by atoms with E-state index in [2.05, 4.69) is 12.3 Å². The summed E-state index contributed by atoms with van der Waals surface area (Å²) in [4.78, 5) is 13.3. The van der Waals surface area contributed by atoms with Crippen molar-refractivity contribution in [2.75, 3.05) is 11.9 Å². The number of carbonyl (C=O) groups excluding carboxylic acids is 1. The first kappa shape index (κ1) is 11.8. The Morgan fingerprint density at radius 3 is 2.56 bits per heavy atom. The van der Waals surface area contributed by atoms with Crippen LogP contribution in [0.4, 0.5) is 5.69 Å². The Kier molecular flexibility index (Phi) is 4.08. The van der Waals surface area contributed by atoms with E-state index in [0.29, 0.717) is 0 Å². The second-order valence-corrected chi connectivity index (χ2v) is 3.23. The summed E-state index contributed by atoms with van der Waals surface area (Å²) in [5.41, 5.74) is 3.50. The maximum atomic E-state index is 11.8. The van der Waals surface area contributed by atoms with Gasteiger partial charge in [-0.2, -0.15) is 5.26 Å². The summed E-state index contributed by atoms with van der Waals surface area (Å²) in [5, 5.41) is 8.67. The predicted octanol–water partition coefficient (Wildman–Crippen LogP) is 2.27. The first-order valence-corrected chi connectivity index (χ1v) is 4.79. The Labute approximate surface area is 94.9 Å². The zero-order chi connectivity index (χ0) is 12.0. The molecule has 1 amide bonds. The number of hydrogen-bond acceptors (Lipinski definition) is 2. The molecule has 3 nitrogen and oxygen atoms in total. The highest BCUT2D eigenvalue weighted by atomic mass is 16.2. The van der Waals surface area contributed by atoms with E-state index in [9.17, 15) is 4.79 Å². The molecule has 0 fully saturated rings. The Morgan fingerprint density at radius 2 is 2.06 bits per heavy atom. The number of rotatable bonds is 3. The summed E-state index contributed by atoms with van der Waals surface area (Å²) in [5.74, 6) is -0.154. The van der Waals surface area contributed by atoms with E-state index in [4.69, 9.17) is 5.26 Å². The Bertz CT molecular complexity index is 464. The van der Waals surface area contributed by atoms with Crippen molar-refractivity contribution in [3.05, 3.63) is 48.2 Å². The third-order valence-corrected chi connectivity index (χ3v) is 2.19. The molecule has 0 saturated carbocycles. The van der Waals surface area contributed by atoms with Crippen LogP contribution in [0.3, 0.4) is 0 Å². The van der Waals surface area contributed by atoms with Crippen LogP contribution in [0.25, 0.3) is 0 Å². The highest BCUT2D eigenvalue weighted by Crippen LogP contribution is 2.13. The fraction of sp³-hybridized carbons (Fsp3) is 0.154. The molecule has 0 unspecified atom stereocenters. The molecule has 1 rings (SSSR count). The molecule has 0 aliphatic heterocycles. The minimum absolute atomic E-state index is 0.0331. The molecular formula is C13H12N2O. The molecule has 0 aliphatic carbocycles. The number of anilines is 1. The van der Waals surface area contributed by atoms with Gasteiger partial charge in [0.2, 0.25) is 5.91 Å². The fourth-order valence-corrected chi connectivity index (χ4v) is 1.21. The topological polar surface area (TPSA) is 44.1 Å². The molecule has 0 spiro atoms. The number of hydrogen-bond donors (Lipinski definition) is 0. The number of nitriles is 1. The molecule has 3 heteroatoms. The molecule has 0 radical (unpaired) electrons. The van der Waals surface area contributed by atoms with E-state index in [1.807, 2.05) is 36.4 Å². The standard InChI is InChI=1S/C13H12N2O/c1-3-11(10-14)9-13(16)15(2)12-7-5-4-6-8-12/h4-8H,1,9H2,2H3. The van der Waals surface area contributed by atoms with E-state index in [0.717, 1.165) is 5.69 Å². The number of para-hydroxylation sites is 1. The van der Waals surface area contributed by atoms with Crippen LogP contribution in [0.1, 0.15) is 6.42 Å². The molecule has 0 N–H and O–H groups in total. The van der Waals surface area contributed by atoms with Gasteiger partial charge in [0.15, 0.2) is 0 Å². The van der Waals surface area contributed by atoms with Gasteiger partial charge in [-0.25, -0.2) is 0 Å². The van der Waals surface area contributed by atoms with Crippen molar-refractivity contribution in [3.8, 4) is 6.07 Å². The monoisotopic (exact) mass is 212 g/mol. The number of benzene rings is 1. The lowest BCUT2D eigenvalue weighted by Gasteiger charge is -2.16. The van der Waals surface area contributed by atoms with Gasteiger partial charge in [0, 0.05) is 12.7 Å². The minimum Gasteiger partial charge on any atom is -0.315 e. The van der Waals surface area contributed by atoms with Crippen molar-refractivity contribution in [1.82, 2.24) is 0 Å². The largest absolute Gasteiger partial charge is 0.315 e. The first-order valence-electron chi connectivity index (χ1n) is 4.79. The van der Waals surface area contributed by atoms with Crippen LogP contribution in [0.2, 0.25) is 0 Å². The number of amides is 1. The number of nitrogens with zero attached hydrogens (tertiary/aromatic N) is 2. The molecule has 0 bridgehead atoms. The maximum Gasteiger partial charge on any atom is 0.232 e. The van der Waals surface area contributed by atoms with Gasteiger partial charge in [-0.05, 0) is 12.1 Å². The molecule has 80 valence electrons. The maximum absolute atomic E-state index is 11.8. The van der Waals surface area contributed by atoms with Crippen LogP contribution >= 0.6 is 0 Å². The number of carbonyl (C=O) groups is 1. The van der Waals surface area contributed by atoms with Crippen molar-refractivity contribution >= 4 is 11.6 Å². The minimum atomic E-state index is -0.154. The lowest BCUT2D eigenvalue weighted by Crippen LogP contribution is -2.26. The van der Waals surface area contributed by atoms with E-state index < -0.39 is 0 Å². The molecule has 0 atom stereocenters. The van der Waals surface area contributed by atoms with Gasteiger partial charge in [-0.3, -0.25) is 4.79 Å². The van der Waals surface area contributed by atoms with Crippen LogP contribution in [0.15, 0.2) is 48.2 Å². The van der Waals surface area contributed by atoms with Crippen molar-refractivity contribution in [1.29, 1.82) is 5.26 Å². The van der Waals surface area contributed by atoms with Crippen molar-refractivity contribution in [2.45, 2.75) is 6.42 Å². The van der Waals surface area contributed by atoms with Gasteiger partial charge in [0.1, 0.15) is 6.07 Å². The predicted molar refractivity (Wildman–Crippen MR) is 62.7 cm³/mol. The third kappa shape index (κ3) is 2.84. The second-order valence-electron chi connectivity index (χ2n) is 3.23. The molecule has 1 aromatic rings. The van der Waals surface area contributed by atoms with Gasteiger partial charge < -0.3 is 4.90 Å². The van der Waals surface area contributed by atoms with Gasteiger partial charge in [-0.1, -0.05) is 24.8 Å². The molecule has 0 aromatic heterocycles. The zero-order valence-corrected chi connectivity index (χ0v) is 9.10. The molecule has 0 saturated heterocycles. The summed E-state index contributed by atoms with van der Waals surface area (Å²) in [6, 6.07) is 11.1. The van der Waals surface area contributed by atoms with Crippen LogP contribution in [0, 0.1) is 11.3 Å². The highest BCUT2D eigenvalue weighted by Gasteiger charge is 2.12. The third-order valence-electron chi connectivity index (χ3n) is 2.19. The summed E-state index contributed by atoms with van der Waals surface area (Å²) < 4.78 is 0. The molecule has 0 heterocycles. The highest BCUT2D eigenvalue weighted by molar-refractivity contribution is 5.94. The zero-order valence-electron chi connectivity index (χ0n) is 9.10. The van der Waals surface area contributed by atoms with Gasteiger partial charge in [0.05, 0.1) is 12.0 Å². The quantitative estimate of drug-likeness (QED) is 0.570. The van der Waals surface area contributed by atoms with Crippen molar-refractivity contribution in [3.63, 3.8) is 0 Å². The SMILES string of the molecule is C=C=C(C#N)CC(=O)N(C)c1ccccc1. The summed E-state index contributed by atoms with van der Waals surface area (Å²) in [6.45, 7) is 3.36. The summed E-state index contributed by atoms with van der Waals surface area (Å²) in [7, 11) is 1.68. The molecule has 16 heavy (non-hydrogen) atoms. The Hall–Kier alpha value is -2.30. The lowest BCUT2D eigenvalue weighted by atomic mass is 10.2. The lowest BCUT2D eigenvalue weighted by molar-refractivity contribution is -0.117. The average molecular weight is 212 g/mol. The Balaban J connectivity index is 2.77. The second kappa shape index (κ2) is 5.55. The average Bonchev–Trinajstić information content (AvgIpc) is 2.35. The summed E-state index contributed by atoms with van der Waals surface area (Å²) in [6.07, 6.45) is 0.0331. The van der Waals surface area contributed by atoms with Crippen molar-refractivity contribution < 1.29 is 4.79 Å². The smallest absolute Gasteiger partial charge is 0.232 e. The van der Waals surface area contributed by atoms with Crippen LogP contribution in [0.5, 0.6) is 0 Å². The van der Waals surface area contributed by atoms with E-state index in [1.54, 1.807) is 7.05 Å². The Morgan fingerprint density at radius 1 is 1.44 bits per heavy atom. The van der Waals surface area contributed by atoms with Gasteiger partial charge >= 0.3 is 0 Å². The van der Waals surface area contributed by atoms with Crippen molar-refractivity contribution in [2.24, 2.45) is 0 Å². The molecule has 0 aliphatic rings. The molecular weight excluding hydrogens is 200 g/mol. The fourth-order valence-electron chi connectivity index (χ4n) is 1.21. The first-order chi connectivity index (χ1) is 7.69. The van der Waals surface area contributed by atoms with E-state index in [-0.39, 0.29) is 17.9 Å². The van der Waals surface area contributed by atoms with Crippen LogP contribution < -0.4 is 4.90 Å². The van der Waals surface area contributed by atoms with Crippen LogP contribution in [-0.4, -0.2) is 13.0 Å². The molecule has 1 aromatic carbocycles. The summed E-state index contributed by atoms with van der Waals surface area (Å²) >= 11 is 0. The normalized spacial score (nSPS) is 8.75. The van der Waals surface area contributed by atoms with Crippen LogP contribution in [-0.2, 0) is 4.79 Å². The van der Waals surface area contributed by atoms with E-state index in [1.165, 1.54) is 4.90 Å². The van der Waals surface area contributed by atoms with E-state index >= 15 is 0 Å². The van der Waals surface area contributed by atoms with Gasteiger partial charge in [-0.15, -0.1) is 5.73 Å².